The van der Waals surface area contributed by atoms with Crippen LogP contribution >= 0.6 is 15.9 Å². The highest BCUT2D eigenvalue weighted by Gasteiger charge is 2.18. The minimum absolute atomic E-state index is 0.000735. The molecule has 0 radical (unpaired) electrons. The van der Waals surface area contributed by atoms with Gasteiger partial charge in [-0.2, -0.15) is 5.10 Å². The molecule has 0 saturated heterocycles. The topological polar surface area (TPSA) is 43.8 Å². The number of nitrogens with zero attached hydrogens (tertiary/aromatic N) is 2. The summed E-state index contributed by atoms with van der Waals surface area (Å²) in [5.74, 6) is 0. The van der Waals surface area contributed by atoms with Crippen LogP contribution in [0.15, 0.2) is 28.7 Å². The molecule has 0 spiro atoms. The summed E-state index contributed by atoms with van der Waals surface area (Å²) in [5, 5.41) is 4.63. The lowest BCUT2D eigenvalue weighted by Gasteiger charge is -2.15. The predicted octanol–water partition coefficient (Wildman–Crippen LogP) is 3.78. The summed E-state index contributed by atoms with van der Waals surface area (Å²) in [6.07, 6.45) is 1.73. The molecule has 4 heteroatoms. The normalized spacial score (nSPS) is 12.7. The van der Waals surface area contributed by atoms with Gasteiger partial charge in [-0.25, -0.2) is 0 Å². The zero-order chi connectivity index (χ0) is 14.7. The largest absolute Gasteiger partial charge is 0.324 e. The quantitative estimate of drug-likeness (QED) is 0.903. The number of hydrogen-bond acceptors (Lipinski definition) is 2. The van der Waals surface area contributed by atoms with Crippen molar-refractivity contribution in [2.24, 2.45) is 5.73 Å². The zero-order valence-corrected chi connectivity index (χ0v) is 13.9. The van der Waals surface area contributed by atoms with Crippen molar-refractivity contribution in [3.63, 3.8) is 0 Å². The Bertz CT molecular complexity index is 589. The van der Waals surface area contributed by atoms with E-state index in [0.717, 1.165) is 29.6 Å². The Labute approximate surface area is 129 Å². The second kappa shape index (κ2) is 6.55. The molecular formula is C16H22BrN3. The Hall–Kier alpha value is -1.13. The van der Waals surface area contributed by atoms with Crippen molar-refractivity contribution in [3.05, 3.63) is 51.3 Å². The third-order valence-electron chi connectivity index (χ3n) is 3.70. The standard InChI is InChI=1S/C16H22BrN3/c1-4-14-16(17)15(20(5-2)19-14)10-13(18)12-9-7-6-8-11(12)3/h6-9,13H,4-5,10,18H2,1-3H3. The first kappa shape index (κ1) is 15.3. The van der Waals surface area contributed by atoms with Crippen LogP contribution in [0.2, 0.25) is 0 Å². The van der Waals surface area contributed by atoms with Gasteiger partial charge >= 0.3 is 0 Å². The van der Waals surface area contributed by atoms with E-state index < -0.39 is 0 Å². The molecule has 2 N–H and O–H groups in total. The number of rotatable bonds is 5. The van der Waals surface area contributed by atoms with Gasteiger partial charge in [0.25, 0.3) is 0 Å². The fourth-order valence-corrected chi connectivity index (χ4v) is 3.26. The van der Waals surface area contributed by atoms with Gasteiger partial charge in [-0.3, -0.25) is 4.68 Å². The van der Waals surface area contributed by atoms with E-state index in [1.807, 2.05) is 12.1 Å². The Kier molecular flexibility index (Phi) is 5.00. The third-order valence-corrected chi connectivity index (χ3v) is 4.61. The van der Waals surface area contributed by atoms with Crippen LogP contribution in [0.3, 0.4) is 0 Å². The van der Waals surface area contributed by atoms with Crippen LogP contribution in [0, 0.1) is 6.92 Å². The highest BCUT2D eigenvalue weighted by atomic mass is 79.9. The van der Waals surface area contributed by atoms with E-state index in [0.29, 0.717) is 0 Å². The number of halogens is 1. The van der Waals surface area contributed by atoms with Crippen molar-refractivity contribution in [1.82, 2.24) is 9.78 Å². The Morgan fingerprint density at radius 3 is 2.60 bits per heavy atom. The fourth-order valence-electron chi connectivity index (χ4n) is 2.53. The van der Waals surface area contributed by atoms with Gasteiger partial charge in [0.05, 0.1) is 15.9 Å². The maximum absolute atomic E-state index is 6.41. The monoisotopic (exact) mass is 335 g/mol. The van der Waals surface area contributed by atoms with Crippen LogP contribution in [-0.4, -0.2) is 9.78 Å². The molecular weight excluding hydrogens is 314 g/mol. The highest BCUT2D eigenvalue weighted by molar-refractivity contribution is 9.10. The summed E-state index contributed by atoms with van der Waals surface area (Å²) in [4.78, 5) is 0. The molecule has 1 heterocycles. The lowest BCUT2D eigenvalue weighted by molar-refractivity contribution is 0.583. The van der Waals surface area contributed by atoms with Gasteiger partial charge in [0.1, 0.15) is 0 Å². The minimum atomic E-state index is -0.000735. The molecule has 0 aliphatic rings. The van der Waals surface area contributed by atoms with E-state index in [-0.39, 0.29) is 6.04 Å². The van der Waals surface area contributed by atoms with E-state index in [9.17, 15) is 0 Å². The molecule has 1 unspecified atom stereocenters. The number of benzene rings is 1. The van der Waals surface area contributed by atoms with Crippen LogP contribution < -0.4 is 5.73 Å². The molecule has 1 atom stereocenters. The van der Waals surface area contributed by atoms with Crippen molar-refractivity contribution in [2.75, 3.05) is 0 Å². The van der Waals surface area contributed by atoms with Crippen molar-refractivity contribution < 1.29 is 0 Å². The third kappa shape index (κ3) is 2.96. The molecule has 1 aromatic carbocycles. The maximum atomic E-state index is 6.41. The Morgan fingerprint density at radius 1 is 1.30 bits per heavy atom. The van der Waals surface area contributed by atoms with E-state index in [1.165, 1.54) is 16.8 Å². The zero-order valence-electron chi connectivity index (χ0n) is 12.4. The molecule has 0 bridgehead atoms. The SMILES string of the molecule is CCc1nn(CC)c(CC(N)c2ccccc2C)c1Br. The van der Waals surface area contributed by atoms with Gasteiger partial charge in [-0.1, -0.05) is 31.2 Å². The first-order chi connectivity index (χ1) is 9.58. The highest BCUT2D eigenvalue weighted by Crippen LogP contribution is 2.27. The number of hydrogen-bond donors (Lipinski definition) is 1. The molecule has 0 fully saturated rings. The number of aromatic nitrogens is 2. The summed E-state index contributed by atoms with van der Waals surface area (Å²) < 4.78 is 3.17. The molecule has 1 aromatic heterocycles. The molecule has 2 rings (SSSR count). The average molecular weight is 336 g/mol. The second-order valence-corrected chi connectivity index (χ2v) is 5.84. The van der Waals surface area contributed by atoms with Gasteiger partial charge in [0.2, 0.25) is 0 Å². The van der Waals surface area contributed by atoms with Crippen LogP contribution in [-0.2, 0) is 19.4 Å². The first-order valence-corrected chi connectivity index (χ1v) is 7.92. The van der Waals surface area contributed by atoms with Crippen molar-refractivity contribution in [1.29, 1.82) is 0 Å². The van der Waals surface area contributed by atoms with Crippen LogP contribution in [0.5, 0.6) is 0 Å². The van der Waals surface area contributed by atoms with E-state index in [4.69, 9.17) is 5.73 Å². The van der Waals surface area contributed by atoms with E-state index >= 15 is 0 Å². The van der Waals surface area contributed by atoms with Crippen LogP contribution in [0.25, 0.3) is 0 Å². The van der Waals surface area contributed by atoms with Gasteiger partial charge in [0, 0.05) is 19.0 Å². The fraction of sp³-hybridized carbons (Fsp3) is 0.438. The predicted molar refractivity (Wildman–Crippen MR) is 86.8 cm³/mol. The number of nitrogens with two attached hydrogens (primary N) is 1. The molecule has 0 aliphatic carbocycles. The molecule has 0 saturated carbocycles. The van der Waals surface area contributed by atoms with Crippen LogP contribution in [0.1, 0.15) is 42.4 Å². The molecule has 3 nitrogen and oxygen atoms in total. The van der Waals surface area contributed by atoms with Crippen LogP contribution in [0.4, 0.5) is 0 Å². The smallest absolute Gasteiger partial charge is 0.0766 e. The second-order valence-electron chi connectivity index (χ2n) is 5.04. The molecule has 0 amide bonds. The molecule has 20 heavy (non-hydrogen) atoms. The summed E-state index contributed by atoms with van der Waals surface area (Å²) in [6, 6.07) is 8.32. The van der Waals surface area contributed by atoms with Crippen molar-refractivity contribution in [3.8, 4) is 0 Å². The van der Waals surface area contributed by atoms with Crippen molar-refractivity contribution >= 4 is 15.9 Å². The van der Waals surface area contributed by atoms with Gasteiger partial charge in [-0.15, -0.1) is 0 Å². The first-order valence-electron chi connectivity index (χ1n) is 7.13. The number of aryl methyl sites for hydroxylation is 3. The summed E-state index contributed by atoms with van der Waals surface area (Å²) in [7, 11) is 0. The van der Waals surface area contributed by atoms with Crippen molar-refractivity contribution in [2.45, 2.75) is 46.2 Å². The molecule has 0 aliphatic heterocycles. The van der Waals surface area contributed by atoms with Gasteiger partial charge in [-0.05, 0) is 47.3 Å². The van der Waals surface area contributed by atoms with E-state index in [2.05, 4.69) is 58.6 Å². The van der Waals surface area contributed by atoms with Gasteiger partial charge in [0.15, 0.2) is 0 Å². The summed E-state index contributed by atoms with van der Waals surface area (Å²) >= 11 is 3.68. The maximum Gasteiger partial charge on any atom is 0.0766 e. The minimum Gasteiger partial charge on any atom is -0.324 e. The lowest BCUT2D eigenvalue weighted by atomic mass is 9.98. The summed E-state index contributed by atoms with van der Waals surface area (Å²) in [5.41, 5.74) is 11.2. The molecule has 2 aromatic rings. The molecule has 108 valence electrons. The van der Waals surface area contributed by atoms with Gasteiger partial charge < -0.3 is 5.73 Å². The Morgan fingerprint density at radius 2 is 2.00 bits per heavy atom. The van der Waals surface area contributed by atoms with E-state index in [1.54, 1.807) is 0 Å². The lowest BCUT2D eigenvalue weighted by Crippen LogP contribution is -2.17. The average Bonchev–Trinajstić information content (AvgIpc) is 2.75. The summed E-state index contributed by atoms with van der Waals surface area (Å²) in [6.45, 7) is 7.22. The Balaban J connectivity index is 2.30.